The number of hydrogen-bond donors (Lipinski definition) is 2. The highest BCUT2D eigenvalue weighted by atomic mass is 32.2. The van der Waals surface area contributed by atoms with Crippen LogP contribution in [-0.4, -0.2) is 34.8 Å². The van der Waals surface area contributed by atoms with Crippen LogP contribution in [0.5, 0.6) is 0 Å². The summed E-state index contributed by atoms with van der Waals surface area (Å²) in [5.41, 5.74) is 0. The van der Waals surface area contributed by atoms with Crippen LogP contribution in [0.4, 0.5) is 0 Å². The first-order chi connectivity index (χ1) is 11.7. The molecular formula is C18H29N3O2S. The highest BCUT2D eigenvalue weighted by Crippen LogP contribution is 2.26. The Bertz CT molecular complexity index is 483. The predicted octanol–water partition coefficient (Wildman–Crippen LogP) is 2.99. The van der Waals surface area contributed by atoms with E-state index in [2.05, 4.69) is 15.6 Å². The molecule has 0 aromatic heterocycles. The Balaban J connectivity index is 1.38. The molecule has 1 atom stereocenters. The lowest BCUT2D eigenvalue weighted by atomic mass is 9.89. The van der Waals surface area contributed by atoms with E-state index in [9.17, 15) is 9.59 Å². The molecular weight excluding hydrogens is 322 g/mol. The van der Waals surface area contributed by atoms with Crippen molar-refractivity contribution in [2.45, 2.75) is 81.9 Å². The fraction of sp³-hybridized carbons (Fsp3) is 0.833. The van der Waals surface area contributed by atoms with Crippen LogP contribution in [0, 0.1) is 5.92 Å². The lowest BCUT2D eigenvalue weighted by molar-refractivity contribution is -0.125. The Morgan fingerprint density at radius 3 is 2.42 bits per heavy atom. The molecule has 24 heavy (non-hydrogen) atoms. The molecule has 134 valence electrons. The Kier molecular flexibility index (Phi) is 6.58. The van der Waals surface area contributed by atoms with Gasteiger partial charge >= 0.3 is 0 Å². The average Bonchev–Trinajstić information content (AvgIpc) is 2.94. The maximum atomic E-state index is 12.2. The zero-order chi connectivity index (χ0) is 16.8. The Morgan fingerprint density at radius 1 is 1.04 bits per heavy atom. The van der Waals surface area contributed by atoms with E-state index in [0.717, 1.165) is 19.4 Å². The van der Waals surface area contributed by atoms with Gasteiger partial charge in [0, 0.05) is 19.0 Å². The maximum Gasteiger partial charge on any atom is 0.262 e. The van der Waals surface area contributed by atoms with Crippen molar-refractivity contribution in [3.63, 3.8) is 0 Å². The average molecular weight is 352 g/mol. The second-order valence-corrected chi connectivity index (χ2v) is 8.54. The topological polar surface area (TPSA) is 70.6 Å². The zero-order valence-electron chi connectivity index (χ0n) is 14.4. The molecule has 0 bridgehead atoms. The number of carbonyl (C=O) groups is 2. The third-order valence-corrected chi connectivity index (χ3v) is 6.46. The Labute approximate surface area is 148 Å². The molecule has 6 heteroatoms. The summed E-state index contributed by atoms with van der Waals surface area (Å²) in [5, 5.41) is 6.78. The quantitative estimate of drug-likeness (QED) is 0.799. The van der Waals surface area contributed by atoms with Gasteiger partial charge in [-0.05, 0) is 31.6 Å². The number of aliphatic imine (C=N–C) groups is 1. The van der Waals surface area contributed by atoms with E-state index in [1.165, 1.54) is 63.1 Å². The van der Waals surface area contributed by atoms with Gasteiger partial charge in [-0.2, -0.15) is 4.99 Å². The largest absolute Gasteiger partial charge is 0.364 e. The molecule has 0 aromatic carbocycles. The van der Waals surface area contributed by atoms with Gasteiger partial charge in [-0.1, -0.05) is 50.3 Å². The summed E-state index contributed by atoms with van der Waals surface area (Å²) in [4.78, 5) is 28.3. The second-order valence-electron chi connectivity index (χ2n) is 7.35. The zero-order valence-corrected chi connectivity index (χ0v) is 15.2. The van der Waals surface area contributed by atoms with E-state index < -0.39 is 0 Å². The minimum Gasteiger partial charge on any atom is -0.364 e. The molecule has 0 radical (unpaired) electrons. The first-order valence-electron chi connectivity index (χ1n) is 9.53. The highest BCUT2D eigenvalue weighted by Gasteiger charge is 2.31. The maximum absolute atomic E-state index is 12.2. The molecule has 2 fully saturated rings. The predicted molar refractivity (Wildman–Crippen MR) is 98.0 cm³/mol. The van der Waals surface area contributed by atoms with Gasteiger partial charge in [0.1, 0.15) is 5.25 Å². The molecule has 1 heterocycles. The smallest absolute Gasteiger partial charge is 0.262 e. The van der Waals surface area contributed by atoms with E-state index in [4.69, 9.17) is 0 Å². The number of amides is 2. The fourth-order valence-corrected chi connectivity index (χ4v) is 4.89. The van der Waals surface area contributed by atoms with Crippen LogP contribution >= 0.6 is 11.8 Å². The molecule has 2 saturated carbocycles. The number of thioether (sulfide) groups is 1. The molecule has 2 N–H and O–H groups in total. The van der Waals surface area contributed by atoms with Crippen LogP contribution < -0.4 is 10.6 Å². The number of carbonyl (C=O) groups excluding carboxylic acids is 2. The van der Waals surface area contributed by atoms with Crippen molar-refractivity contribution in [2.24, 2.45) is 10.9 Å². The van der Waals surface area contributed by atoms with E-state index >= 15 is 0 Å². The van der Waals surface area contributed by atoms with Crippen molar-refractivity contribution < 1.29 is 9.59 Å². The van der Waals surface area contributed by atoms with Gasteiger partial charge in [-0.3, -0.25) is 9.59 Å². The third-order valence-electron chi connectivity index (χ3n) is 5.35. The van der Waals surface area contributed by atoms with E-state index in [1.54, 1.807) is 0 Å². The minimum atomic E-state index is -0.345. The molecule has 1 unspecified atom stereocenters. The summed E-state index contributed by atoms with van der Waals surface area (Å²) >= 11 is 1.43. The fourth-order valence-electron chi connectivity index (χ4n) is 3.92. The summed E-state index contributed by atoms with van der Waals surface area (Å²) < 4.78 is 0. The minimum absolute atomic E-state index is 0.00326. The Morgan fingerprint density at radius 2 is 1.71 bits per heavy atom. The van der Waals surface area contributed by atoms with Crippen molar-refractivity contribution in [1.29, 1.82) is 0 Å². The van der Waals surface area contributed by atoms with Crippen LogP contribution in [0.25, 0.3) is 0 Å². The second kappa shape index (κ2) is 8.88. The van der Waals surface area contributed by atoms with Crippen LogP contribution in [0.1, 0.15) is 70.6 Å². The highest BCUT2D eigenvalue weighted by molar-refractivity contribution is 8.15. The van der Waals surface area contributed by atoms with Crippen LogP contribution in [0.15, 0.2) is 4.99 Å². The lowest BCUT2D eigenvalue weighted by Crippen LogP contribution is -2.38. The molecule has 3 rings (SSSR count). The van der Waals surface area contributed by atoms with Gasteiger partial charge in [0.05, 0.1) is 0 Å². The van der Waals surface area contributed by atoms with Crippen molar-refractivity contribution in [3.05, 3.63) is 0 Å². The number of hydrogen-bond acceptors (Lipinski definition) is 4. The molecule has 0 saturated heterocycles. The number of rotatable bonds is 5. The van der Waals surface area contributed by atoms with Gasteiger partial charge in [-0.25, -0.2) is 0 Å². The third kappa shape index (κ3) is 5.23. The van der Waals surface area contributed by atoms with Crippen LogP contribution in [0.3, 0.4) is 0 Å². The summed E-state index contributed by atoms with van der Waals surface area (Å²) in [6.07, 6.45) is 12.6. The molecule has 0 spiro atoms. The molecule has 2 amide bonds. The first-order valence-corrected chi connectivity index (χ1v) is 10.4. The lowest BCUT2D eigenvalue weighted by Gasteiger charge is -2.23. The van der Waals surface area contributed by atoms with Crippen LogP contribution in [0.2, 0.25) is 0 Å². The van der Waals surface area contributed by atoms with Crippen molar-refractivity contribution in [2.75, 3.05) is 6.54 Å². The first kappa shape index (κ1) is 17.8. The standard InChI is InChI=1S/C18H29N3O2S/c22-16(20-14-9-5-2-6-10-14)11-15-17(23)21-18(24-15)19-12-13-7-3-1-4-8-13/h13-15H,1-12H2,(H,20,22)(H,19,21,23). The summed E-state index contributed by atoms with van der Waals surface area (Å²) in [7, 11) is 0. The normalized spacial score (nSPS) is 26.2. The number of nitrogens with one attached hydrogen (secondary N) is 2. The molecule has 3 aliphatic rings. The van der Waals surface area contributed by atoms with Crippen LogP contribution in [-0.2, 0) is 9.59 Å². The van der Waals surface area contributed by atoms with E-state index in [0.29, 0.717) is 17.1 Å². The molecule has 0 aromatic rings. The van der Waals surface area contributed by atoms with Crippen molar-refractivity contribution in [1.82, 2.24) is 10.6 Å². The van der Waals surface area contributed by atoms with Gasteiger partial charge in [-0.15, -0.1) is 0 Å². The Hall–Kier alpha value is -1.04. The number of amidine groups is 1. The van der Waals surface area contributed by atoms with Crippen molar-refractivity contribution >= 4 is 28.7 Å². The number of nitrogens with zero attached hydrogens (tertiary/aromatic N) is 1. The van der Waals surface area contributed by atoms with Gasteiger partial charge < -0.3 is 10.6 Å². The van der Waals surface area contributed by atoms with E-state index in [1.807, 2.05) is 0 Å². The molecule has 5 nitrogen and oxygen atoms in total. The van der Waals surface area contributed by atoms with Gasteiger partial charge in [0.15, 0.2) is 5.17 Å². The monoisotopic (exact) mass is 351 g/mol. The summed E-state index contributed by atoms with van der Waals surface area (Å²) in [5.74, 6) is 0.534. The summed E-state index contributed by atoms with van der Waals surface area (Å²) in [6, 6.07) is 0.303. The molecule has 2 aliphatic carbocycles. The van der Waals surface area contributed by atoms with Gasteiger partial charge in [0.25, 0.3) is 5.91 Å². The van der Waals surface area contributed by atoms with Crippen molar-refractivity contribution in [3.8, 4) is 0 Å². The van der Waals surface area contributed by atoms with E-state index in [-0.39, 0.29) is 23.5 Å². The summed E-state index contributed by atoms with van der Waals surface area (Å²) in [6.45, 7) is 0.903. The SMILES string of the molecule is O=C(CC1SC(NCC2CCCCC2)=NC1=O)NC1CCCCC1. The molecule has 1 aliphatic heterocycles. The van der Waals surface area contributed by atoms with Gasteiger partial charge in [0.2, 0.25) is 5.91 Å².